The average molecular weight is 393 g/mol. The lowest BCUT2D eigenvalue weighted by molar-refractivity contribution is 0.415. The summed E-state index contributed by atoms with van der Waals surface area (Å²) in [6.07, 6.45) is 3.21. The Labute approximate surface area is 166 Å². The molecule has 2 aromatic heterocycles. The molecule has 8 heteroatoms. The van der Waals surface area contributed by atoms with Crippen molar-refractivity contribution >= 4 is 45.9 Å². The van der Waals surface area contributed by atoms with Gasteiger partial charge in [0.15, 0.2) is 17.0 Å². The van der Waals surface area contributed by atoms with Crippen LogP contribution in [0.15, 0.2) is 54.9 Å². The minimum Gasteiger partial charge on any atom is -0.497 e. The molecule has 0 unspecified atom stereocenters. The van der Waals surface area contributed by atoms with Gasteiger partial charge >= 0.3 is 0 Å². The molecule has 0 aliphatic heterocycles. The van der Waals surface area contributed by atoms with Gasteiger partial charge in [-0.05, 0) is 48.9 Å². The monoisotopic (exact) mass is 392 g/mol. The van der Waals surface area contributed by atoms with Crippen LogP contribution in [0.5, 0.6) is 5.75 Å². The SMILES string of the molecule is COc1ccc(Nc2nc(Nc3cc(Cl)ccc3C)nc3nccnc23)cc1. The number of rotatable bonds is 5. The number of halogens is 1. The lowest BCUT2D eigenvalue weighted by Crippen LogP contribution is -2.04. The van der Waals surface area contributed by atoms with Crippen LogP contribution in [0.3, 0.4) is 0 Å². The number of nitrogens with one attached hydrogen (secondary N) is 2. The fourth-order valence-corrected chi connectivity index (χ4v) is 2.84. The van der Waals surface area contributed by atoms with Crippen LogP contribution in [0.25, 0.3) is 11.2 Å². The van der Waals surface area contributed by atoms with E-state index in [1.165, 1.54) is 0 Å². The van der Waals surface area contributed by atoms with Crippen LogP contribution in [-0.2, 0) is 0 Å². The van der Waals surface area contributed by atoms with Crippen molar-refractivity contribution in [1.29, 1.82) is 0 Å². The smallest absolute Gasteiger partial charge is 0.231 e. The van der Waals surface area contributed by atoms with Crippen LogP contribution in [0.1, 0.15) is 5.56 Å². The molecule has 2 aromatic carbocycles. The van der Waals surface area contributed by atoms with E-state index in [1.54, 1.807) is 19.5 Å². The van der Waals surface area contributed by atoms with Gasteiger partial charge in [0.1, 0.15) is 5.75 Å². The van der Waals surface area contributed by atoms with E-state index in [1.807, 2.05) is 49.4 Å². The van der Waals surface area contributed by atoms with Gasteiger partial charge in [0.2, 0.25) is 5.95 Å². The Balaban J connectivity index is 1.73. The van der Waals surface area contributed by atoms with Crippen molar-refractivity contribution in [3.63, 3.8) is 0 Å². The highest BCUT2D eigenvalue weighted by molar-refractivity contribution is 6.30. The fourth-order valence-electron chi connectivity index (χ4n) is 2.67. The second-order valence-electron chi connectivity index (χ2n) is 6.06. The molecule has 0 saturated carbocycles. The summed E-state index contributed by atoms with van der Waals surface area (Å²) in [5.74, 6) is 1.72. The van der Waals surface area contributed by atoms with E-state index in [2.05, 4.69) is 30.6 Å². The first kappa shape index (κ1) is 17.9. The van der Waals surface area contributed by atoms with Gasteiger partial charge < -0.3 is 15.4 Å². The van der Waals surface area contributed by atoms with E-state index < -0.39 is 0 Å². The molecule has 7 nitrogen and oxygen atoms in total. The maximum absolute atomic E-state index is 6.12. The van der Waals surface area contributed by atoms with Crippen LogP contribution < -0.4 is 15.4 Å². The van der Waals surface area contributed by atoms with Crippen LogP contribution in [0, 0.1) is 6.92 Å². The Hall–Kier alpha value is -3.45. The molecule has 0 saturated heterocycles. The second-order valence-corrected chi connectivity index (χ2v) is 6.50. The predicted molar refractivity (Wildman–Crippen MR) is 111 cm³/mol. The molecule has 28 heavy (non-hydrogen) atoms. The predicted octanol–water partition coefficient (Wildman–Crippen LogP) is 4.88. The van der Waals surface area contributed by atoms with Gasteiger partial charge in [-0.2, -0.15) is 9.97 Å². The number of aromatic nitrogens is 4. The van der Waals surface area contributed by atoms with Gasteiger partial charge in [0.05, 0.1) is 7.11 Å². The molecule has 4 rings (SSSR count). The number of methoxy groups -OCH3 is 1. The van der Waals surface area contributed by atoms with Crippen molar-refractivity contribution < 1.29 is 4.74 Å². The number of ether oxygens (including phenoxy) is 1. The van der Waals surface area contributed by atoms with Gasteiger partial charge in [-0.3, -0.25) is 0 Å². The number of fused-ring (bicyclic) bond motifs is 1. The minimum absolute atomic E-state index is 0.398. The molecule has 0 aliphatic rings. The van der Waals surface area contributed by atoms with Crippen LogP contribution >= 0.6 is 11.6 Å². The van der Waals surface area contributed by atoms with Gasteiger partial charge in [0.25, 0.3) is 0 Å². The van der Waals surface area contributed by atoms with Gasteiger partial charge in [0, 0.05) is 28.8 Å². The second kappa shape index (κ2) is 7.66. The van der Waals surface area contributed by atoms with E-state index in [9.17, 15) is 0 Å². The zero-order valence-corrected chi connectivity index (χ0v) is 16.0. The molecular formula is C20H17ClN6O. The normalized spacial score (nSPS) is 10.7. The lowest BCUT2D eigenvalue weighted by Gasteiger charge is -2.12. The van der Waals surface area contributed by atoms with Gasteiger partial charge in [-0.25, -0.2) is 9.97 Å². The summed E-state index contributed by atoms with van der Waals surface area (Å²) < 4.78 is 5.20. The van der Waals surface area contributed by atoms with Crippen molar-refractivity contribution in [1.82, 2.24) is 19.9 Å². The summed E-state index contributed by atoms with van der Waals surface area (Å²) in [4.78, 5) is 17.7. The summed E-state index contributed by atoms with van der Waals surface area (Å²) in [7, 11) is 1.63. The molecule has 140 valence electrons. The molecule has 0 bridgehead atoms. The molecule has 0 spiro atoms. The molecule has 0 aliphatic carbocycles. The first-order chi connectivity index (χ1) is 13.6. The maximum Gasteiger partial charge on any atom is 0.231 e. The molecule has 0 radical (unpaired) electrons. The highest BCUT2D eigenvalue weighted by atomic mass is 35.5. The topological polar surface area (TPSA) is 84.9 Å². The largest absolute Gasteiger partial charge is 0.497 e. The van der Waals surface area contributed by atoms with Gasteiger partial charge in [-0.15, -0.1) is 0 Å². The van der Waals surface area contributed by atoms with Crippen molar-refractivity contribution in [2.75, 3.05) is 17.7 Å². The van der Waals surface area contributed by atoms with E-state index in [0.29, 0.717) is 28.0 Å². The van der Waals surface area contributed by atoms with E-state index in [4.69, 9.17) is 16.3 Å². The number of aryl methyl sites for hydroxylation is 1. The molecule has 0 fully saturated rings. The van der Waals surface area contributed by atoms with Crippen LogP contribution in [0.2, 0.25) is 5.02 Å². The molecule has 4 aromatic rings. The number of nitrogens with zero attached hydrogens (tertiary/aromatic N) is 4. The van der Waals surface area contributed by atoms with E-state index in [-0.39, 0.29) is 0 Å². The van der Waals surface area contributed by atoms with Crippen molar-refractivity contribution in [3.8, 4) is 5.75 Å². The Morgan fingerprint density at radius 1 is 0.929 bits per heavy atom. The zero-order valence-electron chi connectivity index (χ0n) is 15.3. The third-order valence-electron chi connectivity index (χ3n) is 4.13. The summed E-state index contributed by atoms with van der Waals surface area (Å²) in [6.45, 7) is 1.98. The van der Waals surface area contributed by atoms with Gasteiger partial charge in [-0.1, -0.05) is 17.7 Å². The van der Waals surface area contributed by atoms with E-state index in [0.717, 1.165) is 22.7 Å². The van der Waals surface area contributed by atoms with E-state index >= 15 is 0 Å². The first-order valence-corrected chi connectivity index (χ1v) is 8.93. The lowest BCUT2D eigenvalue weighted by atomic mass is 10.2. The summed E-state index contributed by atoms with van der Waals surface area (Å²) >= 11 is 6.12. The summed E-state index contributed by atoms with van der Waals surface area (Å²) in [5, 5.41) is 7.12. The quantitative estimate of drug-likeness (QED) is 0.500. The van der Waals surface area contributed by atoms with Crippen molar-refractivity contribution in [3.05, 3.63) is 65.4 Å². The standard InChI is InChI=1S/C20H17ClN6O/c1-12-3-4-13(21)11-16(12)25-20-26-18-17(22-9-10-23-18)19(27-20)24-14-5-7-15(28-2)8-6-14/h3-11H,1-2H3,(H2,23,24,25,26,27). The Morgan fingerprint density at radius 2 is 1.71 bits per heavy atom. The highest BCUT2D eigenvalue weighted by Gasteiger charge is 2.11. The number of hydrogen-bond donors (Lipinski definition) is 2. The average Bonchev–Trinajstić information content (AvgIpc) is 2.71. The highest BCUT2D eigenvalue weighted by Crippen LogP contribution is 2.27. The Kier molecular flexibility index (Phi) is 4.90. The number of anilines is 4. The summed E-state index contributed by atoms with van der Waals surface area (Å²) in [6, 6.07) is 13.1. The molecule has 0 atom stereocenters. The number of hydrogen-bond acceptors (Lipinski definition) is 7. The minimum atomic E-state index is 0.398. The third-order valence-corrected chi connectivity index (χ3v) is 4.37. The van der Waals surface area contributed by atoms with Crippen LogP contribution in [-0.4, -0.2) is 27.0 Å². The van der Waals surface area contributed by atoms with Crippen molar-refractivity contribution in [2.45, 2.75) is 6.92 Å². The molecule has 0 amide bonds. The first-order valence-electron chi connectivity index (χ1n) is 8.55. The zero-order chi connectivity index (χ0) is 19.5. The Morgan fingerprint density at radius 3 is 2.50 bits per heavy atom. The summed E-state index contributed by atoms with van der Waals surface area (Å²) in [5.41, 5.74) is 3.75. The van der Waals surface area contributed by atoms with Crippen molar-refractivity contribution in [2.24, 2.45) is 0 Å². The third kappa shape index (κ3) is 3.79. The molecular weight excluding hydrogens is 376 g/mol. The van der Waals surface area contributed by atoms with Crippen LogP contribution in [0.4, 0.5) is 23.1 Å². The Bertz CT molecular complexity index is 1130. The maximum atomic E-state index is 6.12. The number of benzene rings is 2. The fraction of sp³-hybridized carbons (Fsp3) is 0.100. The molecule has 2 N–H and O–H groups in total. The molecule has 2 heterocycles.